The fraction of sp³-hybridized carbons (Fsp3) is 0.355. The van der Waals surface area contributed by atoms with Gasteiger partial charge >= 0.3 is 0 Å². The number of carbonyl (C=O) groups is 2. The molecule has 0 spiro atoms. The van der Waals surface area contributed by atoms with Crippen molar-refractivity contribution in [1.29, 1.82) is 0 Å². The Labute approximate surface area is 233 Å². The minimum absolute atomic E-state index is 0.0922. The first-order valence-corrected chi connectivity index (χ1v) is 13.6. The summed E-state index contributed by atoms with van der Waals surface area (Å²) in [5, 5.41) is 4.85. The number of halogens is 1. The van der Waals surface area contributed by atoms with Gasteiger partial charge in [-0.3, -0.25) is 19.0 Å². The van der Waals surface area contributed by atoms with Crippen LogP contribution in [0.4, 0.5) is 10.2 Å². The van der Waals surface area contributed by atoms with E-state index in [-0.39, 0.29) is 30.0 Å². The lowest BCUT2D eigenvalue weighted by Crippen LogP contribution is -2.33. The molecular formula is C31H35FN6O2. The van der Waals surface area contributed by atoms with Crippen LogP contribution in [-0.4, -0.2) is 47.7 Å². The number of hydrogen-bond acceptors (Lipinski definition) is 6. The summed E-state index contributed by atoms with van der Waals surface area (Å²) in [4.78, 5) is 35.8. The lowest BCUT2D eigenvalue weighted by atomic mass is 9.96. The summed E-state index contributed by atoms with van der Waals surface area (Å²) in [6.45, 7) is 5.81. The molecule has 3 aromatic rings. The number of nitrogen functional groups attached to an aromatic ring is 1. The van der Waals surface area contributed by atoms with Gasteiger partial charge in [0.15, 0.2) is 0 Å². The Morgan fingerprint density at radius 2 is 1.82 bits per heavy atom. The average Bonchev–Trinajstić information content (AvgIpc) is 3.42. The Balaban J connectivity index is 1.12. The third-order valence-corrected chi connectivity index (χ3v) is 8.37. The molecule has 1 aliphatic heterocycles. The molecule has 1 aromatic heterocycles. The van der Waals surface area contributed by atoms with Gasteiger partial charge in [0, 0.05) is 43.6 Å². The summed E-state index contributed by atoms with van der Waals surface area (Å²) in [6, 6.07) is 11.6. The van der Waals surface area contributed by atoms with Gasteiger partial charge in [0.25, 0.3) is 5.91 Å². The van der Waals surface area contributed by atoms with Crippen LogP contribution in [-0.2, 0) is 29.1 Å². The lowest BCUT2D eigenvalue weighted by molar-refractivity contribution is -0.130. The molecule has 2 atom stereocenters. The highest BCUT2D eigenvalue weighted by atomic mass is 19.1. The summed E-state index contributed by atoms with van der Waals surface area (Å²) in [7, 11) is 0. The van der Waals surface area contributed by atoms with Crippen LogP contribution in [0.3, 0.4) is 0 Å². The number of hydrogen-bond donors (Lipinski definition) is 3. The smallest absolute Gasteiger partial charge is 0.254 e. The average molecular weight is 543 g/mol. The third kappa shape index (κ3) is 5.54. The van der Waals surface area contributed by atoms with Crippen molar-refractivity contribution in [3.8, 4) is 0 Å². The molecule has 2 aliphatic rings. The molecule has 2 aromatic carbocycles. The number of carbonyl (C=O) groups excluding carboxylic acids is 2. The summed E-state index contributed by atoms with van der Waals surface area (Å²) < 4.78 is 12.8. The molecule has 1 saturated carbocycles. The number of piperidine rings is 1. The second-order valence-electron chi connectivity index (χ2n) is 10.8. The number of amides is 2. The van der Waals surface area contributed by atoms with Crippen LogP contribution >= 0.6 is 0 Å². The molecule has 5 rings (SSSR count). The molecule has 9 heteroatoms. The largest absolute Gasteiger partial charge is 0.404 e. The number of alkyl halides is 1. The quantitative estimate of drug-likeness (QED) is 0.282. The number of fused-ring (bicyclic) bond motifs is 2. The molecule has 2 heterocycles. The highest BCUT2D eigenvalue weighted by Gasteiger charge is 2.56. The predicted molar refractivity (Wildman–Crippen MR) is 155 cm³/mol. The van der Waals surface area contributed by atoms with E-state index >= 15 is 0 Å². The van der Waals surface area contributed by atoms with Crippen molar-refractivity contribution in [1.82, 2.24) is 15.2 Å². The first-order valence-electron chi connectivity index (χ1n) is 13.6. The van der Waals surface area contributed by atoms with Crippen molar-refractivity contribution in [2.45, 2.75) is 33.4 Å². The summed E-state index contributed by atoms with van der Waals surface area (Å²) >= 11 is 0. The number of likely N-dealkylation sites (tertiary alicyclic amines) is 1. The Morgan fingerprint density at radius 3 is 2.50 bits per heavy atom. The molecule has 8 nitrogen and oxygen atoms in total. The Kier molecular flexibility index (Phi) is 7.82. The van der Waals surface area contributed by atoms with Crippen LogP contribution in [0.25, 0.3) is 10.8 Å². The molecule has 40 heavy (non-hydrogen) atoms. The fourth-order valence-corrected chi connectivity index (χ4v) is 5.83. The molecule has 2 fully saturated rings. The number of pyridine rings is 1. The second kappa shape index (κ2) is 11.5. The zero-order chi connectivity index (χ0) is 28.4. The van der Waals surface area contributed by atoms with E-state index in [4.69, 9.17) is 11.5 Å². The van der Waals surface area contributed by atoms with E-state index in [9.17, 15) is 14.0 Å². The molecule has 5 N–H and O–H groups in total. The normalized spacial score (nSPS) is 20.2. The zero-order valence-corrected chi connectivity index (χ0v) is 22.9. The summed E-state index contributed by atoms with van der Waals surface area (Å²) in [5.41, 5.74) is 17.0. The van der Waals surface area contributed by atoms with Crippen molar-refractivity contribution < 1.29 is 14.0 Å². The lowest BCUT2D eigenvalue weighted by Gasteiger charge is -2.19. The maximum atomic E-state index is 12.8. The maximum Gasteiger partial charge on any atom is 0.254 e. The highest BCUT2D eigenvalue weighted by molar-refractivity contribution is 6.12. The fourth-order valence-electron chi connectivity index (χ4n) is 5.83. The molecule has 1 aliphatic carbocycles. The van der Waals surface area contributed by atoms with Crippen molar-refractivity contribution in [3.05, 3.63) is 82.2 Å². The van der Waals surface area contributed by atoms with Gasteiger partial charge in [-0.15, -0.1) is 0 Å². The van der Waals surface area contributed by atoms with Gasteiger partial charge in [0.2, 0.25) is 5.91 Å². The van der Waals surface area contributed by atoms with E-state index in [1.807, 2.05) is 55.1 Å². The van der Waals surface area contributed by atoms with Crippen LogP contribution in [0, 0.1) is 31.6 Å². The summed E-state index contributed by atoms with van der Waals surface area (Å²) in [6.07, 6.45) is 4.74. The van der Waals surface area contributed by atoms with Gasteiger partial charge in [0.05, 0.1) is 25.2 Å². The zero-order valence-electron chi connectivity index (χ0n) is 22.9. The van der Waals surface area contributed by atoms with Crippen LogP contribution in [0.1, 0.15) is 27.8 Å². The van der Waals surface area contributed by atoms with Crippen LogP contribution in [0.2, 0.25) is 0 Å². The van der Waals surface area contributed by atoms with E-state index in [2.05, 4.69) is 15.3 Å². The molecule has 0 radical (unpaired) electrons. The number of nitrogens with one attached hydrogen (secondary N) is 1. The van der Waals surface area contributed by atoms with E-state index < -0.39 is 0 Å². The number of aliphatic imine (C=N–C) groups is 1. The van der Waals surface area contributed by atoms with Gasteiger partial charge in [0.1, 0.15) is 5.82 Å². The molecule has 2 amide bonds. The molecule has 1 saturated heterocycles. The summed E-state index contributed by atoms with van der Waals surface area (Å²) in [5.74, 6) is 1.14. The number of nitrogens with two attached hydrogens (primary N) is 2. The minimum Gasteiger partial charge on any atom is -0.404 e. The van der Waals surface area contributed by atoms with E-state index in [0.29, 0.717) is 50.3 Å². The molecule has 208 valence electrons. The van der Waals surface area contributed by atoms with E-state index in [0.717, 1.165) is 38.6 Å². The number of nitrogens with zero attached hydrogens (tertiary/aromatic N) is 3. The van der Waals surface area contributed by atoms with Crippen molar-refractivity contribution in [2.24, 2.45) is 28.5 Å². The first kappa shape index (κ1) is 27.3. The Bertz CT molecular complexity index is 1490. The van der Waals surface area contributed by atoms with Gasteiger partial charge < -0.3 is 21.7 Å². The number of rotatable bonds is 9. The number of aryl methyl sites for hydroxylation is 2. The number of aromatic nitrogens is 1. The monoisotopic (exact) mass is 542 g/mol. The van der Waals surface area contributed by atoms with Crippen LogP contribution in [0.15, 0.2) is 59.4 Å². The molecule has 0 bridgehead atoms. The van der Waals surface area contributed by atoms with Gasteiger partial charge in [-0.05, 0) is 76.9 Å². The van der Waals surface area contributed by atoms with Crippen molar-refractivity contribution in [3.63, 3.8) is 0 Å². The SMILES string of the molecule is Cc1cc2c(N)nccc2c(C)c1CNC(=O)/C(C=NCc1ccc(CC(=O)N2CC3C(CF)C3C2)cc1)=C/N. The highest BCUT2D eigenvalue weighted by Crippen LogP contribution is 2.51. The molecule has 2 unspecified atom stereocenters. The molecular weight excluding hydrogens is 507 g/mol. The number of benzene rings is 2. The van der Waals surface area contributed by atoms with Crippen LogP contribution < -0.4 is 16.8 Å². The van der Waals surface area contributed by atoms with Gasteiger partial charge in [-0.25, -0.2) is 4.98 Å². The third-order valence-electron chi connectivity index (χ3n) is 8.37. The van der Waals surface area contributed by atoms with Crippen molar-refractivity contribution in [2.75, 3.05) is 25.5 Å². The van der Waals surface area contributed by atoms with E-state index in [1.165, 1.54) is 12.4 Å². The first-order chi connectivity index (χ1) is 19.3. The standard InChI is InChI=1S/C31H35FN6O2/c1-18-9-24-23(7-8-36-30(24)34)19(2)26(18)15-37-31(40)22(12-33)14-35-13-21-5-3-20(4-6-21)10-29(39)38-16-27-25(11-32)28(27)17-38/h3-9,12,14,25,27-28H,10-11,13,15-17,33H2,1-2H3,(H2,34,36)(H,37,40)/b22-12+,35-14?. The minimum atomic E-state index is -0.314. The number of anilines is 1. The van der Waals surface area contributed by atoms with Crippen molar-refractivity contribution >= 4 is 34.6 Å². The Morgan fingerprint density at radius 1 is 1.12 bits per heavy atom. The maximum absolute atomic E-state index is 12.8. The van der Waals surface area contributed by atoms with Crippen LogP contribution in [0.5, 0.6) is 0 Å². The van der Waals surface area contributed by atoms with Gasteiger partial charge in [-0.2, -0.15) is 0 Å². The topological polar surface area (TPSA) is 127 Å². The second-order valence-corrected chi connectivity index (χ2v) is 10.8. The Hall–Kier alpha value is -4.27. The van der Waals surface area contributed by atoms with Gasteiger partial charge in [-0.1, -0.05) is 24.3 Å². The predicted octanol–water partition coefficient (Wildman–Crippen LogP) is 3.38. The van der Waals surface area contributed by atoms with E-state index in [1.54, 1.807) is 6.20 Å².